The number of hydrogen-bond donors (Lipinski definition) is 2. The van der Waals surface area contributed by atoms with Crippen molar-refractivity contribution in [2.45, 2.75) is 19.8 Å². The van der Waals surface area contributed by atoms with Crippen LogP contribution in [0.1, 0.15) is 19.8 Å². The first-order valence-electron chi connectivity index (χ1n) is 4.26. The third kappa shape index (κ3) is 2.46. The van der Waals surface area contributed by atoms with Gasteiger partial charge in [-0.3, -0.25) is 0 Å². The van der Waals surface area contributed by atoms with E-state index in [-0.39, 0.29) is 0 Å². The third-order valence-corrected chi connectivity index (χ3v) is 2.13. The van der Waals surface area contributed by atoms with Crippen molar-refractivity contribution < 1.29 is 0 Å². The lowest BCUT2D eigenvalue weighted by atomic mass is 9.93. The van der Waals surface area contributed by atoms with E-state index < -0.39 is 0 Å². The van der Waals surface area contributed by atoms with E-state index in [4.69, 9.17) is 5.41 Å². The molecule has 0 aromatic rings. The summed E-state index contributed by atoms with van der Waals surface area (Å²) in [5.41, 5.74) is 0.800. The van der Waals surface area contributed by atoms with Crippen LogP contribution < -0.4 is 5.32 Å². The SMILES string of the molecule is C/C=C\C(=N)C1CCNCC1. The van der Waals surface area contributed by atoms with Gasteiger partial charge < -0.3 is 10.7 Å². The molecule has 0 aromatic heterocycles. The second kappa shape index (κ2) is 4.29. The van der Waals surface area contributed by atoms with Crippen molar-refractivity contribution in [2.75, 3.05) is 13.1 Å². The first-order chi connectivity index (χ1) is 5.34. The Morgan fingerprint density at radius 3 is 2.64 bits per heavy atom. The smallest absolute Gasteiger partial charge is 0.0342 e. The van der Waals surface area contributed by atoms with Crippen molar-refractivity contribution in [1.29, 1.82) is 5.41 Å². The number of rotatable bonds is 2. The summed E-state index contributed by atoms with van der Waals surface area (Å²) in [5, 5.41) is 11.0. The van der Waals surface area contributed by atoms with Crippen LogP contribution >= 0.6 is 0 Å². The number of nitrogens with one attached hydrogen (secondary N) is 2. The molecular weight excluding hydrogens is 136 g/mol. The Labute approximate surface area is 68.2 Å². The average Bonchev–Trinajstić information content (AvgIpc) is 2.07. The summed E-state index contributed by atoms with van der Waals surface area (Å²) >= 11 is 0. The molecule has 0 unspecified atom stereocenters. The molecule has 62 valence electrons. The van der Waals surface area contributed by atoms with Crippen LogP contribution in [0.4, 0.5) is 0 Å². The molecule has 0 radical (unpaired) electrons. The fraction of sp³-hybridized carbons (Fsp3) is 0.667. The summed E-state index contributed by atoms with van der Waals surface area (Å²) in [5.74, 6) is 0.507. The summed E-state index contributed by atoms with van der Waals surface area (Å²) in [6.45, 7) is 4.12. The van der Waals surface area contributed by atoms with Gasteiger partial charge in [-0.25, -0.2) is 0 Å². The highest BCUT2D eigenvalue weighted by Crippen LogP contribution is 2.13. The standard InChI is InChI=1S/C9H16N2/c1-2-3-9(10)8-4-6-11-7-5-8/h2-3,8,10-11H,4-7H2,1H3/b3-2-,10-9?. The Balaban J connectivity index is 2.38. The predicted molar refractivity (Wildman–Crippen MR) is 48.1 cm³/mol. The van der Waals surface area contributed by atoms with E-state index in [1.165, 1.54) is 0 Å². The minimum absolute atomic E-state index is 0.507. The summed E-state index contributed by atoms with van der Waals surface area (Å²) in [6, 6.07) is 0. The van der Waals surface area contributed by atoms with Crippen LogP contribution in [-0.4, -0.2) is 18.8 Å². The van der Waals surface area contributed by atoms with Gasteiger partial charge in [0.1, 0.15) is 0 Å². The minimum Gasteiger partial charge on any atom is -0.317 e. The van der Waals surface area contributed by atoms with Gasteiger partial charge in [0, 0.05) is 11.6 Å². The summed E-state index contributed by atoms with van der Waals surface area (Å²) in [6.07, 6.45) is 6.12. The molecule has 1 fully saturated rings. The fourth-order valence-corrected chi connectivity index (χ4v) is 1.45. The zero-order chi connectivity index (χ0) is 8.10. The molecule has 0 atom stereocenters. The molecule has 2 N–H and O–H groups in total. The summed E-state index contributed by atoms with van der Waals surface area (Å²) in [7, 11) is 0. The van der Waals surface area contributed by atoms with Crippen molar-refractivity contribution in [3.8, 4) is 0 Å². The molecule has 0 aliphatic carbocycles. The Morgan fingerprint density at radius 2 is 2.09 bits per heavy atom. The summed E-state index contributed by atoms with van der Waals surface area (Å²) < 4.78 is 0. The highest BCUT2D eigenvalue weighted by atomic mass is 14.9. The molecule has 1 rings (SSSR count). The molecule has 0 amide bonds. The molecule has 2 heteroatoms. The van der Waals surface area contributed by atoms with E-state index in [0.717, 1.165) is 31.6 Å². The summed E-state index contributed by atoms with van der Waals surface area (Å²) in [4.78, 5) is 0. The maximum absolute atomic E-state index is 7.67. The van der Waals surface area contributed by atoms with Crippen LogP contribution in [0.15, 0.2) is 12.2 Å². The normalized spacial score (nSPS) is 20.8. The van der Waals surface area contributed by atoms with Gasteiger partial charge >= 0.3 is 0 Å². The van der Waals surface area contributed by atoms with Gasteiger partial charge in [-0.05, 0) is 38.9 Å². The van der Waals surface area contributed by atoms with Crippen molar-refractivity contribution in [2.24, 2.45) is 5.92 Å². The zero-order valence-electron chi connectivity index (χ0n) is 7.06. The Bertz CT molecular complexity index is 155. The van der Waals surface area contributed by atoms with E-state index in [1.807, 2.05) is 19.1 Å². The Kier molecular flexibility index (Phi) is 3.30. The lowest BCUT2D eigenvalue weighted by molar-refractivity contribution is 0.456. The second-order valence-corrected chi connectivity index (χ2v) is 2.98. The Hall–Kier alpha value is -0.630. The quantitative estimate of drug-likeness (QED) is 0.579. The molecular formula is C9H16N2. The lowest BCUT2D eigenvalue weighted by Crippen LogP contribution is -2.30. The van der Waals surface area contributed by atoms with E-state index in [9.17, 15) is 0 Å². The van der Waals surface area contributed by atoms with Crippen molar-refractivity contribution >= 4 is 5.71 Å². The van der Waals surface area contributed by atoms with E-state index >= 15 is 0 Å². The largest absolute Gasteiger partial charge is 0.317 e. The molecule has 1 saturated heterocycles. The molecule has 1 aliphatic heterocycles. The molecule has 0 spiro atoms. The van der Waals surface area contributed by atoms with Crippen molar-refractivity contribution in [3.05, 3.63) is 12.2 Å². The van der Waals surface area contributed by atoms with Crippen LogP contribution in [0.25, 0.3) is 0 Å². The number of allylic oxidation sites excluding steroid dienone is 2. The monoisotopic (exact) mass is 152 g/mol. The van der Waals surface area contributed by atoms with Crippen LogP contribution in [0.3, 0.4) is 0 Å². The van der Waals surface area contributed by atoms with Gasteiger partial charge in [-0.2, -0.15) is 0 Å². The zero-order valence-corrected chi connectivity index (χ0v) is 7.06. The van der Waals surface area contributed by atoms with Crippen LogP contribution in [0.2, 0.25) is 0 Å². The highest BCUT2D eigenvalue weighted by molar-refractivity contribution is 5.94. The lowest BCUT2D eigenvalue weighted by Gasteiger charge is -2.21. The molecule has 2 nitrogen and oxygen atoms in total. The van der Waals surface area contributed by atoms with E-state index in [0.29, 0.717) is 5.92 Å². The fourth-order valence-electron chi connectivity index (χ4n) is 1.45. The topological polar surface area (TPSA) is 35.9 Å². The van der Waals surface area contributed by atoms with Crippen LogP contribution in [-0.2, 0) is 0 Å². The van der Waals surface area contributed by atoms with Crippen molar-refractivity contribution in [1.82, 2.24) is 5.32 Å². The Morgan fingerprint density at radius 1 is 1.45 bits per heavy atom. The molecule has 0 aromatic carbocycles. The maximum Gasteiger partial charge on any atom is 0.0342 e. The maximum atomic E-state index is 7.67. The molecule has 1 aliphatic rings. The van der Waals surface area contributed by atoms with Crippen LogP contribution in [0.5, 0.6) is 0 Å². The van der Waals surface area contributed by atoms with Gasteiger partial charge in [0.15, 0.2) is 0 Å². The van der Waals surface area contributed by atoms with Gasteiger partial charge in [-0.15, -0.1) is 0 Å². The molecule has 11 heavy (non-hydrogen) atoms. The average molecular weight is 152 g/mol. The molecule has 0 bridgehead atoms. The molecule has 1 heterocycles. The van der Waals surface area contributed by atoms with E-state index in [1.54, 1.807) is 0 Å². The molecule has 0 saturated carbocycles. The predicted octanol–water partition coefficient (Wildman–Crippen LogP) is 1.58. The first-order valence-corrected chi connectivity index (χ1v) is 4.26. The van der Waals surface area contributed by atoms with Gasteiger partial charge in [0.2, 0.25) is 0 Å². The minimum atomic E-state index is 0.507. The van der Waals surface area contributed by atoms with E-state index in [2.05, 4.69) is 5.32 Å². The highest BCUT2D eigenvalue weighted by Gasteiger charge is 2.14. The van der Waals surface area contributed by atoms with Gasteiger partial charge in [0.05, 0.1) is 0 Å². The van der Waals surface area contributed by atoms with Crippen molar-refractivity contribution in [3.63, 3.8) is 0 Å². The van der Waals surface area contributed by atoms with Crippen LogP contribution in [0, 0.1) is 11.3 Å². The number of piperidine rings is 1. The third-order valence-electron chi connectivity index (χ3n) is 2.13. The first kappa shape index (κ1) is 8.47. The number of hydrogen-bond acceptors (Lipinski definition) is 2. The van der Waals surface area contributed by atoms with Gasteiger partial charge in [-0.1, -0.05) is 6.08 Å². The second-order valence-electron chi connectivity index (χ2n) is 2.98. The van der Waals surface area contributed by atoms with Gasteiger partial charge in [0.25, 0.3) is 0 Å².